The van der Waals surface area contributed by atoms with Crippen LogP contribution in [0.3, 0.4) is 0 Å². The van der Waals surface area contributed by atoms with E-state index in [1.165, 1.54) is 0 Å². The zero-order valence-electron chi connectivity index (χ0n) is 4.78. The lowest BCUT2D eigenvalue weighted by Gasteiger charge is -1.90. The van der Waals surface area contributed by atoms with Crippen molar-refractivity contribution < 1.29 is 14.7 Å². The fourth-order valence-electron chi connectivity index (χ4n) is 0.678. The highest BCUT2D eigenvalue weighted by molar-refractivity contribution is 5.72. The van der Waals surface area contributed by atoms with Crippen LogP contribution in [0.5, 0.6) is 0 Å². The molecule has 0 radical (unpaired) electrons. The summed E-state index contributed by atoms with van der Waals surface area (Å²) < 4.78 is 0. The van der Waals surface area contributed by atoms with Crippen LogP contribution in [0, 0.1) is 0 Å². The summed E-state index contributed by atoms with van der Waals surface area (Å²) in [6.45, 7) is 0.596. The molecule has 0 amide bonds. The van der Waals surface area contributed by atoms with Gasteiger partial charge in [-0.25, -0.2) is 0 Å². The van der Waals surface area contributed by atoms with Gasteiger partial charge >= 0.3 is 5.97 Å². The average molecular weight is 129 g/mol. The molecule has 0 aliphatic carbocycles. The van der Waals surface area contributed by atoms with Gasteiger partial charge in [0, 0.05) is 6.54 Å². The van der Waals surface area contributed by atoms with Crippen LogP contribution >= 0.6 is 0 Å². The Balaban J connectivity index is 2.19. The zero-order chi connectivity index (χ0) is 6.85. The molecule has 0 bridgehead atoms. The van der Waals surface area contributed by atoms with Gasteiger partial charge in [0.15, 0.2) is 0 Å². The van der Waals surface area contributed by atoms with Crippen LogP contribution in [0.25, 0.3) is 0 Å². The summed E-state index contributed by atoms with van der Waals surface area (Å²) in [5.41, 5.74) is 0. The van der Waals surface area contributed by atoms with Crippen LogP contribution in [0.2, 0.25) is 0 Å². The average Bonchev–Trinajstić information content (AvgIpc) is 2.45. The number of carbonyl (C=O) groups excluding carboxylic acids is 1. The smallest absolute Gasteiger partial charge is 0.317 e. The zero-order valence-corrected chi connectivity index (χ0v) is 4.78. The van der Waals surface area contributed by atoms with Gasteiger partial charge < -0.3 is 9.90 Å². The topological polar surface area (TPSA) is 57.4 Å². The number of carboxylic acid groups (broad SMARTS) is 1. The molecule has 1 rings (SSSR count). The maximum atomic E-state index is 9.95. The van der Waals surface area contributed by atoms with Crippen molar-refractivity contribution in [2.24, 2.45) is 0 Å². The van der Waals surface area contributed by atoms with Crippen molar-refractivity contribution in [1.29, 1.82) is 0 Å². The van der Waals surface area contributed by atoms with Crippen molar-refractivity contribution >= 4 is 12.3 Å². The van der Waals surface area contributed by atoms with E-state index in [1.54, 1.807) is 4.90 Å². The predicted molar refractivity (Wildman–Crippen MR) is 29.1 cm³/mol. The summed E-state index contributed by atoms with van der Waals surface area (Å²) in [5.74, 6) is -0.876. The van der Waals surface area contributed by atoms with E-state index in [2.05, 4.69) is 0 Å². The van der Waals surface area contributed by atoms with Gasteiger partial charge in [0.25, 0.3) is 0 Å². The lowest BCUT2D eigenvalue weighted by Crippen LogP contribution is -2.14. The van der Waals surface area contributed by atoms with Crippen LogP contribution in [0.1, 0.15) is 0 Å². The van der Waals surface area contributed by atoms with Gasteiger partial charge in [0.1, 0.15) is 6.29 Å². The molecule has 9 heavy (non-hydrogen) atoms. The molecule has 50 valence electrons. The normalized spacial score (nSPS) is 31.6. The highest BCUT2D eigenvalue weighted by atomic mass is 16.4. The molecular weight excluding hydrogens is 122 g/mol. The minimum absolute atomic E-state index is 0.0105. The Morgan fingerprint density at radius 1 is 1.89 bits per heavy atom. The summed E-state index contributed by atoms with van der Waals surface area (Å²) in [6, 6.07) is -0.124. The lowest BCUT2D eigenvalue weighted by atomic mass is 10.5. The molecule has 4 nitrogen and oxygen atoms in total. The number of carboxylic acids is 1. The van der Waals surface area contributed by atoms with E-state index in [4.69, 9.17) is 5.11 Å². The Kier molecular flexibility index (Phi) is 1.48. The number of rotatable bonds is 3. The first-order chi connectivity index (χ1) is 4.24. The largest absolute Gasteiger partial charge is 0.480 e. The van der Waals surface area contributed by atoms with Crippen LogP contribution in [0.4, 0.5) is 0 Å². The number of nitrogens with zero attached hydrogens (tertiary/aromatic N) is 1. The van der Waals surface area contributed by atoms with Crippen molar-refractivity contribution in [3.63, 3.8) is 0 Å². The third-order valence-corrected chi connectivity index (χ3v) is 1.25. The van der Waals surface area contributed by atoms with Crippen LogP contribution in [0.15, 0.2) is 0 Å². The van der Waals surface area contributed by atoms with Gasteiger partial charge in [-0.3, -0.25) is 9.69 Å². The molecule has 0 spiro atoms. The van der Waals surface area contributed by atoms with E-state index in [9.17, 15) is 9.59 Å². The maximum absolute atomic E-state index is 9.95. The van der Waals surface area contributed by atoms with E-state index in [0.717, 1.165) is 6.29 Å². The molecule has 2 atom stereocenters. The second-order valence-corrected chi connectivity index (χ2v) is 2.03. The molecule has 1 saturated heterocycles. The van der Waals surface area contributed by atoms with Crippen molar-refractivity contribution in [1.82, 2.24) is 4.90 Å². The SMILES string of the molecule is O=CC1CN1CC(=O)O. The monoisotopic (exact) mass is 129 g/mol. The highest BCUT2D eigenvalue weighted by Crippen LogP contribution is 2.12. The number of aldehydes is 1. The molecule has 1 N–H and O–H groups in total. The fraction of sp³-hybridized carbons (Fsp3) is 0.600. The first kappa shape index (κ1) is 6.22. The van der Waals surface area contributed by atoms with E-state index in [1.807, 2.05) is 0 Å². The minimum atomic E-state index is -0.876. The third-order valence-electron chi connectivity index (χ3n) is 1.25. The van der Waals surface area contributed by atoms with Gasteiger partial charge in [-0.15, -0.1) is 0 Å². The van der Waals surface area contributed by atoms with Gasteiger partial charge in [-0.2, -0.15) is 0 Å². The molecule has 1 aliphatic rings. The van der Waals surface area contributed by atoms with Crippen LogP contribution in [-0.2, 0) is 9.59 Å². The van der Waals surface area contributed by atoms with Gasteiger partial charge in [-0.05, 0) is 0 Å². The van der Waals surface area contributed by atoms with Crippen molar-refractivity contribution in [2.45, 2.75) is 6.04 Å². The molecule has 1 aliphatic heterocycles. The summed E-state index contributed by atoms with van der Waals surface area (Å²) in [6.07, 6.45) is 0.767. The molecule has 1 fully saturated rings. The third kappa shape index (κ3) is 1.50. The molecule has 0 aromatic rings. The Bertz CT molecular complexity index is 145. The summed E-state index contributed by atoms with van der Waals surface area (Å²) in [5, 5.41) is 8.18. The fourth-order valence-corrected chi connectivity index (χ4v) is 0.678. The number of hydrogen-bond acceptors (Lipinski definition) is 3. The predicted octanol–water partition coefficient (Wildman–Crippen LogP) is -1.05. The molecular formula is C5H7NO3. The summed E-state index contributed by atoms with van der Waals surface area (Å²) in [7, 11) is 0. The summed E-state index contributed by atoms with van der Waals surface area (Å²) >= 11 is 0. The number of aliphatic carboxylic acids is 1. The quantitative estimate of drug-likeness (QED) is 0.390. The van der Waals surface area contributed by atoms with Gasteiger partial charge in [0.05, 0.1) is 12.6 Å². The lowest BCUT2D eigenvalue weighted by molar-refractivity contribution is -0.137. The van der Waals surface area contributed by atoms with Crippen molar-refractivity contribution in [2.75, 3.05) is 13.1 Å². The Hall–Kier alpha value is -0.900. The first-order valence-electron chi connectivity index (χ1n) is 2.65. The standard InChI is InChI=1S/C5H7NO3/c7-3-4-1-6(4)2-5(8)9/h3-4H,1-2H2,(H,8,9). The molecule has 2 unspecified atom stereocenters. The first-order valence-corrected chi connectivity index (χ1v) is 2.65. The molecule has 0 aromatic heterocycles. The second-order valence-electron chi connectivity index (χ2n) is 2.03. The van der Waals surface area contributed by atoms with Crippen molar-refractivity contribution in [3.8, 4) is 0 Å². The van der Waals surface area contributed by atoms with Crippen molar-refractivity contribution in [3.05, 3.63) is 0 Å². The highest BCUT2D eigenvalue weighted by Gasteiger charge is 2.34. The Morgan fingerprint density at radius 3 is 2.89 bits per heavy atom. The molecule has 1 heterocycles. The van der Waals surface area contributed by atoms with E-state index in [-0.39, 0.29) is 12.6 Å². The molecule has 0 saturated carbocycles. The number of carbonyl (C=O) groups is 2. The Labute approximate surface area is 52.1 Å². The van der Waals surface area contributed by atoms with Gasteiger partial charge in [0.2, 0.25) is 0 Å². The van der Waals surface area contributed by atoms with Crippen LogP contribution < -0.4 is 0 Å². The van der Waals surface area contributed by atoms with Gasteiger partial charge in [-0.1, -0.05) is 0 Å². The van der Waals surface area contributed by atoms with E-state index >= 15 is 0 Å². The second kappa shape index (κ2) is 2.14. The maximum Gasteiger partial charge on any atom is 0.317 e. The molecule has 4 heteroatoms. The van der Waals surface area contributed by atoms with E-state index < -0.39 is 5.97 Å². The minimum Gasteiger partial charge on any atom is -0.480 e. The van der Waals surface area contributed by atoms with E-state index in [0.29, 0.717) is 6.54 Å². The number of hydrogen-bond donors (Lipinski definition) is 1. The van der Waals surface area contributed by atoms with Crippen LogP contribution in [-0.4, -0.2) is 41.4 Å². The Morgan fingerprint density at radius 2 is 2.56 bits per heavy atom. The molecule has 0 aromatic carbocycles. The summed E-state index contributed by atoms with van der Waals surface area (Å²) in [4.78, 5) is 21.5.